The fourth-order valence-electron chi connectivity index (χ4n) is 2.21. The van der Waals surface area contributed by atoms with Gasteiger partial charge in [-0.3, -0.25) is 9.52 Å². The van der Waals surface area contributed by atoms with Crippen LogP contribution in [0.2, 0.25) is 0 Å². The number of hydrogen-bond donors (Lipinski definition) is 3. The van der Waals surface area contributed by atoms with Gasteiger partial charge in [0.2, 0.25) is 0 Å². The molecule has 21 heavy (non-hydrogen) atoms. The summed E-state index contributed by atoms with van der Waals surface area (Å²) in [6, 6.07) is 7.52. The van der Waals surface area contributed by atoms with Crippen LogP contribution in [0.25, 0.3) is 0 Å². The van der Waals surface area contributed by atoms with E-state index in [1.165, 1.54) is 12.1 Å². The molecule has 0 fully saturated rings. The molecule has 1 aliphatic heterocycles. The molecule has 8 heteroatoms. The average Bonchev–Trinajstić information content (AvgIpc) is 2.49. The standard InChI is InChI=1S/C13H14N4O3S/c18-13-6-5-12(15-16-13)17-21(19,20)10-4-3-9-2-1-7-14-11(9)8-10/h3-6,8,14H,1-2,7H2,(H,15,17)(H,16,18). The van der Waals surface area contributed by atoms with Crippen molar-refractivity contribution >= 4 is 21.5 Å². The summed E-state index contributed by atoms with van der Waals surface area (Å²) in [5.74, 6) is 0.0697. The number of fused-ring (bicyclic) bond motifs is 1. The Morgan fingerprint density at radius 3 is 2.81 bits per heavy atom. The maximum Gasteiger partial charge on any atom is 0.264 e. The second-order valence-corrected chi connectivity index (χ2v) is 6.44. The number of benzene rings is 1. The van der Waals surface area contributed by atoms with Crippen LogP contribution >= 0.6 is 0 Å². The van der Waals surface area contributed by atoms with Gasteiger partial charge in [0.05, 0.1) is 4.90 Å². The van der Waals surface area contributed by atoms with E-state index in [4.69, 9.17) is 0 Å². The second kappa shape index (κ2) is 5.21. The van der Waals surface area contributed by atoms with Crippen LogP contribution in [0.5, 0.6) is 0 Å². The highest BCUT2D eigenvalue weighted by molar-refractivity contribution is 7.92. The van der Waals surface area contributed by atoms with E-state index in [0.29, 0.717) is 0 Å². The summed E-state index contributed by atoms with van der Waals surface area (Å²) < 4.78 is 26.9. The lowest BCUT2D eigenvalue weighted by molar-refractivity contribution is 0.601. The second-order valence-electron chi connectivity index (χ2n) is 4.76. The van der Waals surface area contributed by atoms with Crippen LogP contribution in [0, 0.1) is 0 Å². The van der Waals surface area contributed by atoms with Gasteiger partial charge in [0.25, 0.3) is 15.6 Å². The van der Waals surface area contributed by atoms with E-state index >= 15 is 0 Å². The predicted molar refractivity (Wildman–Crippen MR) is 78.9 cm³/mol. The summed E-state index contributed by atoms with van der Waals surface area (Å²) in [5.41, 5.74) is 1.57. The lowest BCUT2D eigenvalue weighted by Crippen LogP contribution is -2.18. The van der Waals surface area contributed by atoms with Crippen LogP contribution in [-0.4, -0.2) is 25.2 Å². The number of anilines is 2. The lowest BCUT2D eigenvalue weighted by atomic mass is 10.0. The highest BCUT2D eigenvalue weighted by atomic mass is 32.2. The summed E-state index contributed by atoms with van der Waals surface area (Å²) in [7, 11) is -3.73. The highest BCUT2D eigenvalue weighted by Crippen LogP contribution is 2.25. The molecule has 0 aliphatic carbocycles. The van der Waals surface area contributed by atoms with E-state index < -0.39 is 15.6 Å². The largest absolute Gasteiger partial charge is 0.385 e. The van der Waals surface area contributed by atoms with Crippen molar-refractivity contribution in [2.45, 2.75) is 17.7 Å². The van der Waals surface area contributed by atoms with Crippen molar-refractivity contribution in [2.75, 3.05) is 16.6 Å². The lowest BCUT2D eigenvalue weighted by Gasteiger charge is -2.18. The number of nitrogens with zero attached hydrogens (tertiary/aromatic N) is 1. The summed E-state index contributed by atoms with van der Waals surface area (Å²) in [4.78, 5) is 11.1. The van der Waals surface area contributed by atoms with Crippen LogP contribution in [-0.2, 0) is 16.4 Å². The average molecular weight is 306 g/mol. The van der Waals surface area contributed by atoms with Gasteiger partial charge in [-0.05, 0) is 36.6 Å². The minimum Gasteiger partial charge on any atom is -0.385 e. The maximum atomic E-state index is 12.3. The Morgan fingerprint density at radius 2 is 2.05 bits per heavy atom. The Morgan fingerprint density at radius 1 is 1.19 bits per heavy atom. The van der Waals surface area contributed by atoms with E-state index in [-0.39, 0.29) is 10.7 Å². The van der Waals surface area contributed by atoms with Gasteiger partial charge < -0.3 is 5.32 Å². The van der Waals surface area contributed by atoms with Crippen molar-refractivity contribution in [3.63, 3.8) is 0 Å². The molecule has 0 bridgehead atoms. The van der Waals surface area contributed by atoms with Gasteiger partial charge in [-0.2, -0.15) is 5.10 Å². The topological polar surface area (TPSA) is 104 Å². The van der Waals surface area contributed by atoms with Gasteiger partial charge in [-0.1, -0.05) is 6.07 Å². The zero-order chi connectivity index (χ0) is 14.9. The number of rotatable bonds is 3. The molecule has 0 saturated heterocycles. The smallest absolute Gasteiger partial charge is 0.264 e. The highest BCUT2D eigenvalue weighted by Gasteiger charge is 2.18. The molecular formula is C13H14N4O3S. The molecule has 110 valence electrons. The molecule has 7 nitrogen and oxygen atoms in total. The number of aromatic nitrogens is 2. The fraction of sp³-hybridized carbons (Fsp3) is 0.231. The van der Waals surface area contributed by atoms with E-state index in [9.17, 15) is 13.2 Å². The first-order valence-electron chi connectivity index (χ1n) is 6.50. The number of hydrogen-bond acceptors (Lipinski definition) is 5. The predicted octanol–water partition coefficient (Wildman–Crippen LogP) is 0.929. The number of aromatic amines is 1. The van der Waals surface area contributed by atoms with Crippen molar-refractivity contribution in [1.29, 1.82) is 0 Å². The van der Waals surface area contributed by atoms with Crippen molar-refractivity contribution in [3.05, 3.63) is 46.2 Å². The van der Waals surface area contributed by atoms with Crippen LogP contribution in [0.4, 0.5) is 11.5 Å². The Balaban J connectivity index is 1.91. The van der Waals surface area contributed by atoms with Crippen LogP contribution < -0.4 is 15.6 Å². The molecule has 0 amide bonds. The molecule has 1 aromatic heterocycles. The molecule has 0 radical (unpaired) electrons. The number of nitrogens with one attached hydrogen (secondary N) is 3. The van der Waals surface area contributed by atoms with Crippen LogP contribution in [0.3, 0.4) is 0 Å². The van der Waals surface area contributed by atoms with Gasteiger partial charge in [-0.25, -0.2) is 13.5 Å². The summed E-state index contributed by atoms with van der Waals surface area (Å²) in [6.07, 6.45) is 1.98. The molecule has 1 aliphatic rings. The zero-order valence-corrected chi connectivity index (χ0v) is 11.9. The van der Waals surface area contributed by atoms with E-state index in [1.807, 2.05) is 6.07 Å². The van der Waals surface area contributed by atoms with E-state index in [2.05, 4.69) is 20.2 Å². The van der Waals surface area contributed by atoms with Gasteiger partial charge in [-0.15, -0.1) is 0 Å². The van der Waals surface area contributed by atoms with Crippen LogP contribution in [0.15, 0.2) is 40.0 Å². The third kappa shape index (κ3) is 2.89. The Bertz CT molecular complexity index is 809. The molecule has 2 heterocycles. The third-order valence-corrected chi connectivity index (χ3v) is 4.60. The maximum absolute atomic E-state index is 12.3. The first-order chi connectivity index (χ1) is 10.0. The molecule has 3 rings (SSSR count). The molecule has 0 unspecified atom stereocenters. The number of sulfonamides is 1. The van der Waals surface area contributed by atoms with Gasteiger partial charge in [0, 0.05) is 18.3 Å². The normalized spacial score (nSPS) is 14.1. The minimum atomic E-state index is -3.73. The zero-order valence-electron chi connectivity index (χ0n) is 11.1. The number of H-pyrrole nitrogens is 1. The van der Waals surface area contributed by atoms with Crippen molar-refractivity contribution in [2.24, 2.45) is 0 Å². The van der Waals surface area contributed by atoms with Gasteiger partial charge in [0.1, 0.15) is 0 Å². The molecule has 0 atom stereocenters. The number of aryl methyl sites for hydroxylation is 1. The van der Waals surface area contributed by atoms with E-state index in [1.54, 1.807) is 12.1 Å². The molecular weight excluding hydrogens is 292 g/mol. The molecule has 2 aromatic rings. The summed E-state index contributed by atoms with van der Waals surface area (Å²) >= 11 is 0. The third-order valence-electron chi connectivity index (χ3n) is 3.25. The quantitative estimate of drug-likeness (QED) is 0.782. The summed E-state index contributed by atoms with van der Waals surface area (Å²) in [6.45, 7) is 0.839. The Hall–Kier alpha value is -2.35. The van der Waals surface area contributed by atoms with Gasteiger partial charge >= 0.3 is 0 Å². The molecule has 1 aromatic carbocycles. The van der Waals surface area contributed by atoms with Crippen LogP contribution in [0.1, 0.15) is 12.0 Å². The van der Waals surface area contributed by atoms with Gasteiger partial charge in [0.15, 0.2) is 5.82 Å². The summed E-state index contributed by atoms with van der Waals surface area (Å²) in [5, 5.41) is 9.00. The van der Waals surface area contributed by atoms with Crippen molar-refractivity contribution < 1.29 is 8.42 Å². The first-order valence-corrected chi connectivity index (χ1v) is 7.98. The molecule has 0 spiro atoms. The minimum absolute atomic E-state index is 0.0697. The molecule has 3 N–H and O–H groups in total. The first kappa shape index (κ1) is 13.6. The van der Waals surface area contributed by atoms with Crippen molar-refractivity contribution in [3.8, 4) is 0 Å². The molecule has 0 saturated carbocycles. The Labute approximate surface area is 121 Å². The fourth-order valence-corrected chi connectivity index (χ4v) is 3.23. The van der Waals surface area contributed by atoms with Crippen molar-refractivity contribution in [1.82, 2.24) is 10.2 Å². The van der Waals surface area contributed by atoms with E-state index in [0.717, 1.165) is 30.6 Å². The SMILES string of the molecule is O=c1ccc(NS(=O)(=O)c2ccc3c(c2)NCCC3)n[nH]1. The Kier molecular flexibility index (Phi) is 3.38. The monoisotopic (exact) mass is 306 g/mol.